The molecule has 0 radical (unpaired) electrons. The van der Waals surface area contributed by atoms with Crippen LogP contribution in [0.3, 0.4) is 0 Å². The van der Waals surface area contributed by atoms with E-state index in [2.05, 4.69) is 17.1 Å². The van der Waals surface area contributed by atoms with Gasteiger partial charge in [0.15, 0.2) is 0 Å². The molecule has 2 unspecified atom stereocenters. The molecule has 1 aliphatic heterocycles. The lowest BCUT2D eigenvalue weighted by molar-refractivity contribution is -0.133. The predicted octanol–water partition coefficient (Wildman–Crippen LogP) is 3.99. The Morgan fingerprint density at radius 3 is 2.67 bits per heavy atom. The molecule has 1 fully saturated rings. The number of rotatable bonds is 6. The fraction of sp³-hybridized carbons (Fsp3) is 0.360. The summed E-state index contributed by atoms with van der Waals surface area (Å²) in [6.45, 7) is 7.20. The number of hydrogen-bond donors (Lipinski definition) is 1. The van der Waals surface area contributed by atoms with Gasteiger partial charge in [0, 0.05) is 29.7 Å². The minimum absolute atomic E-state index is 0.0794. The van der Waals surface area contributed by atoms with Gasteiger partial charge < -0.3 is 14.7 Å². The number of pyridine rings is 1. The Balaban J connectivity index is 1.48. The molecular formula is C25H28N2O3. The largest absolute Gasteiger partial charge is 0.489 e. The van der Waals surface area contributed by atoms with Crippen molar-refractivity contribution >= 4 is 16.8 Å². The van der Waals surface area contributed by atoms with Crippen LogP contribution in [0.5, 0.6) is 5.75 Å². The zero-order chi connectivity index (χ0) is 21.3. The number of likely N-dealkylation sites (tertiary alicyclic amines) is 1. The Bertz CT molecular complexity index is 1060. The molecule has 1 aromatic heterocycles. The first-order valence-corrected chi connectivity index (χ1v) is 10.4. The number of nitrogens with zero attached hydrogens (tertiary/aromatic N) is 2. The van der Waals surface area contributed by atoms with Crippen LogP contribution in [0.4, 0.5) is 0 Å². The first kappa shape index (κ1) is 20.4. The van der Waals surface area contributed by atoms with Gasteiger partial charge in [-0.1, -0.05) is 30.3 Å². The van der Waals surface area contributed by atoms with Gasteiger partial charge >= 0.3 is 0 Å². The third kappa shape index (κ3) is 3.90. The van der Waals surface area contributed by atoms with E-state index in [0.29, 0.717) is 19.7 Å². The summed E-state index contributed by atoms with van der Waals surface area (Å²) in [5.74, 6) is 0.850. The second-order valence-corrected chi connectivity index (χ2v) is 8.44. The molecule has 1 amide bonds. The van der Waals surface area contributed by atoms with Crippen molar-refractivity contribution < 1.29 is 14.6 Å². The smallest absolute Gasteiger partial charge is 0.233 e. The maximum Gasteiger partial charge on any atom is 0.233 e. The molecule has 1 N–H and O–H groups in total. The van der Waals surface area contributed by atoms with E-state index in [9.17, 15) is 9.90 Å². The highest BCUT2D eigenvalue weighted by molar-refractivity contribution is 5.90. The van der Waals surface area contributed by atoms with Crippen LogP contribution in [0.25, 0.3) is 10.9 Å². The molecule has 2 atom stereocenters. The first-order chi connectivity index (χ1) is 14.4. The lowest BCUT2D eigenvalue weighted by atomic mass is 9.81. The molecule has 0 bridgehead atoms. The zero-order valence-electron chi connectivity index (χ0n) is 17.8. The number of aryl methyl sites for hydroxylation is 1. The molecule has 3 aromatic rings. The molecule has 5 nitrogen and oxygen atoms in total. The first-order valence-electron chi connectivity index (χ1n) is 10.4. The van der Waals surface area contributed by atoms with Crippen LogP contribution in [0.2, 0.25) is 0 Å². The normalized spacial score (nSPS) is 20.0. The van der Waals surface area contributed by atoms with E-state index in [1.807, 2.05) is 56.3 Å². The van der Waals surface area contributed by atoms with Crippen molar-refractivity contribution in [2.45, 2.75) is 45.3 Å². The third-order valence-electron chi connectivity index (χ3n) is 5.94. The van der Waals surface area contributed by atoms with Crippen molar-refractivity contribution in [3.63, 3.8) is 0 Å². The summed E-state index contributed by atoms with van der Waals surface area (Å²) >= 11 is 0. The van der Waals surface area contributed by atoms with Gasteiger partial charge in [-0.15, -0.1) is 0 Å². The van der Waals surface area contributed by atoms with Crippen molar-refractivity contribution in [3.05, 3.63) is 71.4 Å². The standard InChI is InChI=1S/C25H28N2O3/c1-17-14-19(22-6-4-5-7-23(22)26-17)16-30-21-10-8-20(9-11-21)25(3)12-13-27(24(25)29)15-18(2)28/h4-11,14,18,28H,12-13,15-16H2,1-3H3. The number of aliphatic hydroxyl groups excluding tert-OH is 1. The number of para-hydroxylation sites is 1. The Hall–Kier alpha value is -2.92. The molecule has 1 aliphatic rings. The number of amides is 1. The summed E-state index contributed by atoms with van der Waals surface area (Å²) in [6, 6.07) is 18.0. The third-order valence-corrected chi connectivity index (χ3v) is 5.94. The molecule has 0 spiro atoms. The number of ether oxygens (including phenoxy) is 1. The van der Waals surface area contributed by atoms with Crippen LogP contribution >= 0.6 is 0 Å². The van der Waals surface area contributed by atoms with Gasteiger partial charge in [-0.2, -0.15) is 0 Å². The lowest BCUT2D eigenvalue weighted by Gasteiger charge is -2.25. The number of hydrogen-bond acceptors (Lipinski definition) is 4. The summed E-state index contributed by atoms with van der Waals surface area (Å²) in [4.78, 5) is 19.2. The number of benzene rings is 2. The number of β-amino-alcohol motifs (C(OH)–C–C–N with tert-alkyl or cyclic N) is 1. The Labute approximate surface area is 177 Å². The van der Waals surface area contributed by atoms with E-state index >= 15 is 0 Å². The number of aromatic nitrogens is 1. The summed E-state index contributed by atoms with van der Waals surface area (Å²) in [7, 11) is 0. The van der Waals surface area contributed by atoms with Crippen LogP contribution in [-0.2, 0) is 16.8 Å². The van der Waals surface area contributed by atoms with E-state index in [1.54, 1.807) is 11.8 Å². The fourth-order valence-corrected chi connectivity index (χ4v) is 4.27. The van der Waals surface area contributed by atoms with E-state index in [4.69, 9.17) is 4.74 Å². The van der Waals surface area contributed by atoms with Crippen molar-refractivity contribution in [1.82, 2.24) is 9.88 Å². The molecule has 1 saturated heterocycles. The van der Waals surface area contributed by atoms with Gasteiger partial charge in [-0.3, -0.25) is 9.78 Å². The SMILES string of the molecule is Cc1cc(COc2ccc(C3(C)CCN(CC(C)O)C3=O)cc2)c2ccccc2n1. The zero-order valence-corrected chi connectivity index (χ0v) is 17.8. The molecule has 4 rings (SSSR count). The Morgan fingerprint density at radius 2 is 1.93 bits per heavy atom. The van der Waals surface area contributed by atoms with Gasteiger partial charge in [-0.05, 0) is 57.0 Å². The highest BCUT2D eigenvalue weighted by Gasteiger charge is 2.44. The van der Waals surface area contributed by atoms with Crippen LogP contribution in [-0.4, -0.2) is 40.1 Å². The summed E-state index contributed by atoms with van der Waals surface area (Å²) in [5.41, 5.74) is 3.48. The van der Waals surface area contributed by atoms with Crippen LogP contribution in [0.1, 0.15) is 37.1 Å². The Kier molecular flexibility index (Phi) is 5.48. The maximum absolute atomic E-state index is 12.9. The van der Waals surface area contributed by atoms with E-state index in [1.165, 1.54) is 0 Å². The minimum Gasteiger partial charge on any atom is -0.489 e. The molecule has 156 valence electrons. The van der Waals surface area contributed by atoms with Crippen LogP contribution in [0.15, 0.2) is 54.6 Å². The quantitative estimate of drug-likeness (QED) is 0.675. The second-order valence-electron chi connectivity index (χ2n) is 8.44. The summed E-state index contributed by atoms with van der Waals surface area (Å²) in [5, 5.41) is 10.7. The average molecular weight is 405 g/mol. The number of carbonyl (C=O) groups is 1. The van der Waals surface area contributed by atoms with Gasteiger partial charge in [0.2, 0.25) is 5.91 Å². The predicted molar refractivity (Wildman–Crippen MR) is 117 cm³/mol. The van der Waals surface area contributed by atoms with Gasteiger partial charge in [0.25, 0.3) is 0 Å². The molecule has 30 heavy (non-hydrogen) atoms. The highest BCUT2D eigenvalue weighted by atomic mass is 16.5. The van der Waals surface area contributed by atoms with Gasteiger partial charge in [0.05, 0.1) is 17.0 Å². The lowest BCUT2D eigenvalue weighted by Crippen LogP contribution is -2.38. The number of fused-ring (bicyclic) bond motifs is 1. The molecule has 0 aliphatic carbocycles. The monoisotopic (exact) mass is 404 g/mol. The van der Waals surface area contributed by atoms with Crippen molar-refractivity contribution in [1.29, 1.82) is 0 Å². The topological polar surface area (TPSA) is 62.7 Å². The van der Waals surface area contributed by atoms with Gasteiger partial charge in [-0.25, -0.2) is 0 Å². The fourth-order valence-electron chi connectivity index (χ4n) is 4.27. The van der Waals surface area contributed by atoms with Crippen LogP contribution in [0, 0.1) is 6.92 Å². The van der Waals surface area contributed by atoms with E-state index in [0.717, 1.165) is 39.9 Å². The second kappa shape index (κ2) is 8.07. The van der Waals surface area contributed by atoms with Crippen LogP contribution < -0.4 is 4.74 Å². The van der Waals surface area contributed by atoms with Crippen molar-refractivity contribution in [3.8, 4) is 5.75 Å². The Morgan fingerprint density at radius 1 is 1.20 bits per heavy atom. The average Bonchev–Trinajstić information content (AvgIpc) is 3.01. The molecular weight excluding hydrogens is 376 g/mol. The number of aliphatic hydroxyl groups is 1. The number of carbonyl (C=O) groups excluding carboxylic acids is 1. The van der Waals surface area contributed by atoms with E-state index < -0.39 is 11.5 Å². The molecule has 2 aromatic carbocycles. The summed E-state index contributed by atoms with van der Waals surface area (Å²) in [6.07, 6.45) is 0.237. The van der Waals surface area contributed by atoms with E-state index in [-0.39, 0.29) is 5.91 Å². The van der Waals surface area contributed by atoms with Crippen molar-refractivity contribution in [2.24, 2.45) is 0 Å². The molecule has 2 heterocycles. The van der Waals surface area contributed by atoms with Gasteiger partial charge in [0.1, 0.15) is 12.4 Å². The molecule has 0 saturated carbocycles. The highest BCUT2D eigenvalue weighted by Crippen LogP contribution is 2.36. The summed E-state index contributed by atoms with van der Waals surface area (Å²) < 4.78 is 6.05. The van der Waals surface area contributed by atoms with Crippen molar-refractivity contribution in [2.75, 3.05) is 13.1 Å². The maximum atomic E-state index is 12.9. The molecule has 5 heteroatoms. The minimum atomic E-state index is -0.550.